The van der Waals surface area contributed by atoms with E-state index in [1.54, 1.807) is 43.3 Å². The van der Waals surface area contributed by atoms with Gasteiger partial charge in [-0.2, -0.15) is 8.78 Å². The zero-order valence-corrected chi connectivity index (χ0v) is 15.9. The third-order valence-corrected chi connectivity index (χ3v) is 3.98. The van der Waals surface area contributed by atoms with Crippen LogP contribution in [-0.2, 0) is 4.79 Å². The van der Waals surface area contributed by atoms with E-state index in [4.69, 9.17) is 9.15 Å². The van der Waals surface area contributed by atoms with Gasteiger partial charge in [-0.15, -0.1) is 0 Å². The van der Waals surface area contributed by atoms with Crippen molar-refractivity contribution in [1.29, 1.82) is 0 Å². The Morgan fingerprint density at radius 3 is 2.60 bits per heavy atom. The first-order valence-electron chi connectivity index (χ1n) is 8.84. The highest BCUT2D eigenvalue weighted by molar-refractivity contribution is 6.02. The molecule has 0 bridgehead atoms. The summed E-state index contributed by atoms with van der Waals surface area (Å²) in [5, 5.41) is 5.24. The fourth-order valence-electron chi connectivity index (χ4n) is 2.57. The molecule has 0 unspecified atom stereocenters. The van der Waals surface area contributed by atoms with Crippen LogP contribution in [0.15, 0.2) is 65.3 Å². The Balaban J connectivity index is 1.57. The Bertz CT molecular complexity index is 1020. The molecule has 1 aromatic heterocycles. The van der Waals surface area contributed by atoms with Crippen LogP contribution in [0.4, 0.5) is 20.2 Å². The summed E-state index contributed by atoms with van der Waals surface area (Å²) in [5.41, 5.74) is 1.16. The predicted molar refractivity (Wildman–Crippen MR) is 105 cm³/mol. The molecule has 2 aromatic carbocycles. The molecular weight excluding hydrogens is 398 g/mol. The van der Waals surface area contributed by atoms with Crippen molar-refractivity contribution in [1.82, 2.24) is 0 Å². The lowest BCUT2D eigenvalue weighted by atomic mass is 10.2. The molecule has 30 heavy (non-hydrogen) atoms. The van der Waals surface area contributed by atoms with E-state index >= 15 is 0 Å². The number of furan rings is 1. The molecule has 0 spiro atoms. The van der Waals surface area contributed by atoms with Gasteiger partial charge >= 0.3 is 6.61 Å². The summed E-state index contributed by atoms with van der Waals surface area (Å²) in [5.74, 6) is -0.416. The van der Waals surface area contributed by atoms with E-state index in [1.165, 1.54) is 24.5 Å². The standard InChI is InChI=1S/C21H18F2N2O5/c1-13-16(7-3-8-17(13)30-21(22)23)25-19(26)12-29-15-6-2-5-14(11-15)24-20(27)18-9-4-10-28-18/h2-11,21H,12H2,1H3,(H,24,27)(H,25,26). The van der Waals surface area contributed by atoms with E-state index in [-0.39, 0.29) is 18.1 Å². The highest BCUT2D eigenvalue weighted by Gasteiger charge is 2.13. The molecule has 7 nitrogen and oxygen atoms in total. The van der Waals surface area contributed by atoms with Gasteiger partial charge in [-0.1, -0.05) is 12.1 Å². The number of amides is 2. The number of nitrogens with one attached hydrogen (secondary N) is 2. The van der Waals surface area contributed by atoms with Gasteiger partial charge in [0.25, 0.3) is 11.8 Å². The van der Waals surface area contributed by atoms with Crippen molar-refractivity contribution in [3.05, 3.63) is 72.2 Å². The highest BCUT2D eigenvalue weighted by atomic mass is 19.3. The van der Waals surface area contributed by atoms with E-state index in [2.05, 4.69) is 15.4 Å². The van der Waals surface area contributed by atoms with Crippen LogP contribution < -0.4 is 20.1 Å². The Labute approximate surface area is 170 Å². The molecule has 0 saturated carbocycles. The van der Waals surface area contributed by atoms with Gasteiger partial charge < -0.3 is 24.5 Å². The van der Waals surface area contributed by atoms with Crippen LogP contribution in [0.25, 0.3) is 0 Å². The molecule has 0 aliphatic heterocycles. The number of ether oxygens (including phenoxy) is 2. The minimum Gasteiger partial charge on any atom is -0.484 e. The van der Waals surface area contributed by atoms with Gasteiger partial charge in [0.2, 0.25) is 0 Å². The number of hydrogen-bond acceptors (Lipinski definition) is 5. The van der Waals surface area contributed by atoms with Crippen LogP contribution in [0, 0.1) is 6.92 Å². The minimum absolute atomic E-state index is 0.0243. The Morgan fingerprint density at radius 1 is 1.07 bits per heavy atom. The molecule has 2 amide bonds. The number of rotatable bonds is 8. The third kappa shape index (κ3) is 5.57. The van der Waals surface area contributed by atoms with E-state index in [9.17, 15) is 18.4 Å². The molecule has 156 valence electrons. The number of carbonyl (C=O) groups excluding carboxylic acids is 2. The molecule has 0 fully saturated rings. The van der Waals surface area contributed by atoms with Gasteiger partial charge in [-0.05, 0) is 43.3 Å². The van der Waals surface area contributed by atoms with Crippen molar-refractivity contribution in [2.24, 2.45) is 0 Å². The zero-order valence-electron chi connectivity index (χ0n) is 15.9. The molecule has 3 aromatic rings. The van der Waals surface area contributed by atoms with Crippen molar-refractivity contribution in [3.63, 3.8) is 0 Å². The molecule has 0 aliphatic rings. The lowest BCUT2D eigenvalue weighted by Crippen LogP contribution is -2.21. The molecule has 1 heterocycles. The SMILES string of the molecule is Cc1c(NC(=O)COc2cccc(NC(=O)c3ccco3)c2)cccc1OC(F)F. The van der Waals surface area contributed by atoms with E-state index in [1.807, 2.05) is 0 Å². The van der Waals surface area contributed by atoms with Crippen LogP contribution in [0.3, 0.4) is 0 Å². The Hall–Kier alpha value is -3.88. The lowest BCUT2D eigenvalue weighted by Gasteiger charge is -2.13. The van der Waals surface area contributed by atoms with Crippen molar-refractivity contribution in [3.8, 4) is 11.5 Å². The molecule has 0 radical (unpaired) electrons. The summed E-state index contributed by atoms with van der Waals surface area (Å²) in [6.45, 7) is -1.73. The average molecular weight is 416 g/mol. The maximum Gasteiger partial charge on any atom is 0.387 e. The average Bonchev–Trinajstić information content (AvgIpc) is 3.24. The topological polar surface area (TPSA) is 89.8 Å². The second-order valence-electron chi connectivity index (χ2n) is 6.10. The van der Waals surface area contributed by atoms with Crippen LogP contribution in [-0.4, -0.2) is 25.0 Å². The summed E-state index contributed by atoms with van der Waals surface area (Å²) >= 11 is 0. The normalized spacial score (nSPS) is 10.5. The second-order valence-corrected chi connectivity index (χ2v) is 6.10. The van der Waals surface area contributed by atoms with Crippen molar-refractivity contribution in [2.75, 3.05) is 17.2 Å². The third-order valence-electron chi connectivity index (χ3n) is 3.98. The first-order chi connectivity index (χ1) is 14.4. The van der Waals surface area contributed by atoms with Crippen LogP contribution >= 0.6 is 0 Å². The largest absolute Gasteiger partial charge is 0.484 e. The van der Waals surface area contributed by atoms with Gasteiger partial charge in [0.1, 0.15) is 11.5 Å². The number of halogens is 2. The summed E-state index contributed by atoms with van der Waals surface area (Å²) in [6, 6.07) is 14.1. The van der Waals surface area contributed by atoms with Crippen molar-refractivity contribution >= 4 is 23.2 Å². The number of anilines is 2. The summed E-state index contributed by atoms with van der Waals surface area (Å²) in [4.78, 5) is 24.2. The summed E-state index contributed by atoms with van der Waals surface area (Å²) in [6.07, 6.45) is 1.39. The minimum atomic E-state index is -2.96. The monoisotopic (exact) mass is 416 g/mol. The fraction of sp³-hybridized carbons (Fsp3) is 0.143. The Morgan fingerprint density at radius 2 is 1.87 bits per heavy atom. The maximum atomic E-state index is 12.4. The number of alkyl halides is 2. The first-order valence-corrected chi connectivity index (χ1v) is 8.84. The summed E-state index contributed by atoms with van der Waals surface area (Å²) < 4.78 is 39.8. The van der Waals surface area contributed by atoms with Gasteiger partial charge in [-0.3, -0.25) is 9.59 Å². The molecule has 0 aliphatic carbocycles. The first kappa shape index (κ1) is 20.8. The van der Waals surface area contributed by atoms with Crippen LogP contribution in [0.5, 0.6) is 11.5 Å². The number of hydrogen-bond donors (Lipinski definition) is 2. The zero-order chi connectivity index (χ0) is 21.5. The second kappa shape index (κ2) is 9.55. The molecule has 2 N–H and O–H groups in total. The van der Waals surface area contributed by atoms with E-state index in [0.29, 0.717) is 22.7 Å². The fourth-order valence-corrected chi connectivity index (χ4v) is 2.57. The highest BCUT2D eigenvalue weighted by Crippen LogP contribution is 2.27. The van der Waals surface area contributed by atoms with Gasteiger partial charge in [-0.25, -0.2) is 0 Å². The number of carbonyl (C=O) groups is 2. The van der Waals surface area contributed by atoms with Gasteiger partial charge in [0.15, 0.2) is 12.4 Å². The molecule has 0 atom stereocenters. The molecular formula is C21H18F2N2O5. The van der Waals surface area contributed by atoms with E-state index < -0.39 is 18.4 Å². The van der Waals surface area contributed by atoms with Gasteiger partial charge in [0, 0.05) is 23.0 Å². The van der Waals surface area contributed by atoms with Gasteiger partial charge in [0.05, 0.1) is 6.26 Å². The van der Waals surface area contributed by atoms with E-state index in [0.717, 1.165) is 0 Å². The maximum absolute atomic E-state index is 12.4. The summed E-state index contributed by atoms with van der Waals surface area (Å²) in [7, 11) is 0. The van der Waals surface area contributed by atoms with Crippen molar-refractivity contribution < 1.29 is 32.3 Å². The lowest BCUT2D eigenvalue weighted by molar-refractivity contribution is -0.118. The molecule has 3 rings (SSSR count). The van der Waals surface area contributed by atoms with Crippen molar-refractivity contribution in [2.45, 2.75) is 13.5 Å². The quantitative estimate of drug-likeness (QED) is 0.566. The smallest absolute Gasteiger partial charge is 0.387 e. The predicted octanol–water partition coefficient (Wildman–Crippen LogP) is 4.46. The Kier molecular flexibility index (Phi) is 6.63. The van der Waals surface area contributed by atoms with Crippen LogP contribution in [0.2, 0.25) is 0 Å². The van der Waals surface area contributed by atoms with Crippen LogP contribution in [0.1, 0.15) is 16.1 Å². The molecule has 0 saturated heterocycles. The number of benzene rings is 2. The molecule has 9 heteroatoms.